The molecule has 5 nitrogen and oxygen atoms in total. The number of hydrogen-bond donors (Lipinski definition) is 2. The second-order valence-corrected chi connectivity index (χ2v) is 6.29. The van der Waals surface area contributed by atoms with Crippen molar-refractivity contribution in [3.8, 4) is 0 Å². The summed E-state index contributed by atoms with van der Waals surface area (Å²) in [5.41, 5.74) is 6.93. The van der Waals surface area contributed by atoms with Crippen molar-refractivity contribution in [3.63, 3.8) is 0 Å². The van der Waals surface area contributed by atoms with Crippen LogP contribution in [0.3, 0.4) is 0 Å². The van der Waals surface area contributed by atoms with Gasteiger partial charge in [-0.05, 0) is 55.7 Å². The van der Waals surface area contributed by atoms with Gasteiger partial charge in [0.1, 0.15) is 0 Å². The Morgan fingerprint density at radius 1 is 1.08 bits per heavy atom. The van der Waals surface area contributed by atoms with Crippen LogP contribution in [-0.4, -0.2) is 18.0 Å². The van der Waals surface area contributed by atoms with E-state index in [0.29, 0.717) is 17.7 Å². The van der Waals surface area contributed by atoms with Gasteiger partial charge in [0, 0.05) is 17.7 Å². The molecule has 0 saturated heterocycles. The lowest BCUT2D eigenvalue weighted by Gasteiger charge is -2.06. The van der Waals surface area contributed by atoms with Crippen LogP contribution in [0.2, 0.25) is 0 Å². The van der Waals surface area contributed by atoms with E-state index in [1.807, 2.05) is 32.9 Å². The SMILES string of the molecule is CCCCC(=O)Nc1ccc(C(=O)NN=Cc2ccc(C)cc2C)cc1. The molecule has 2 N–H and O–H groups in total. The Balaban J connectivity index is 1.91. The molecule has 2 aromatic carbocycles. The zero-order valence-corrected chi connectivity index (χ0v) is 15.5. The van der Waals surface area contributed by atoms with E-state index in [1.54, 1.807) is 30.5 Å². The van der Waals surface area contributed by atoms with Crippen molar-refractivity contribution < 1.29 is 9.59 Å². The molecule has 0 aliphatic carbocycles. The van der Waals surface area contributed by atoms with E-state index < -0.39 is 0 Å². The van der Waals surface area contributed by atoms with Gasteiger partial charge >= 0.3 is 0 Å². The fourth-order valence-corrected chi connectivity index (χ4v) is 2.46. The highest BCUT2D eigenvalue weighted by Gasteiger charge is 2.06. The van der Waals surface area contributed by atoms with E-state index in [4.69, 9.17) is 0 Å². The maximum absolute atomic E-state index is 12.1. The third kappa shape index (κ3) is 5.84. The minimum absolute atomic E-state index is 0.0119. The summed E-state index contributed by atoms with van der Waals surface area (Å²) in [5.74, 6) is -0.308. The summed E-state index contributed by atoms with van der Waals surface area (Å²) in [6, 6.07) is 12.8. The molecule has 2 rings (SSSR count). The fraction of sp³-hybridized carbons (Fsp3) is 0.286. The number of carbonyl (C=O) groups is 2. The van der Waals surface area contributed by atoms with Gasteiger partial charge < -0.3 is 5.32 Å². The van der Waals surface area contributed by atoms with Gasteiger partial charge in [0.15, 0.2) is 0 Å². The van der Waals surface area contributed by atoms with Crippen molar-refractivity contribution in [1.82, 2.24) is 5.43 Å². The van der Waals surface area contributed by atoms with E-state index in [9.17, 15) is 9.59 Å². The topological polar surface area (TPSA) is 70.6 Å². The zero-order valence-electron chi connectivity index (χ0n) is 15.5. The Kier molecular flexibility index (Phi) is 7.09. The number of amides is 2. The number of nitrogens with one attached hydrogen (secondary N) is 2. The third-order valence-corrected chi connectivity index (χ3v) is 3.98. The zero-order chi connectivity index (χ0) is 18.9. The van der Waals surface area contributed by atoms with Gasteiger partial charge in [-0.3, -0.25) is 9.59 Å². The van der Waals surface area contributed by atoms with E-state index in [0.717, 1.165) is 24.0 Å². The molecule has 0 fully saturated rings. The lowest BCUT2D eigenvalue weighted by molar-refractivity contribution is -0.116. The predicted octanol–water partition coefficient (Wildman–Crippen LogP) is 4.20. The molecule has 0 unspecified atom stereocenters. The summed E-state index contributed by atoms with van der Waals surface area (Å²) in [6.45, 7) is 6.08. The molecule has 0 radical (unpaired) electrons. The van der Waals surface area contributed by atoms with E-state index in [-0.39, 0.29) is 11.8 Å². The molecule has 0 bridgehead atoms. The summed E-state index contributed by atoms with van der Waals surface area (Å²) in [5, 5.41) is 6.84. The molecule has 0 heterocycles. The molecular formula is C21H25N3O2. The summed E-state index contributed by atoms with van der Waals surface area (Å²) in [6.07, 6.45) is 3.99. The first-order valence-electron chi connectivity index (χ1n) is 8.80. The van der Waals surface area contributed by atoms with E-state index in [1.165, 1.54) is 5.56 Å². The second kappa shape index (κ2) is 9.51. The minimum Gasteiger partial charge on any atom is -0.326 e. The van der Waals surface area contributed by atoms with Gasteiger partial charge in [-0.25, -0.2) is 5.43 Å². The van der Waals surface area contributed by atoms with Crippen LogP contribution in [0.15, 0.2) is 47.6 Å². The number of benzene rings is 2. The lowest BCUT2D eigenvalue weighted by Crippen LogP contribution is -2.18. The van der Waals surface area contributed by atoms with Crippen molar-refractivity contribution in [3.05, 3.63) is 64.7 Å². The minimum atomic E-state index is -0.296. The number of unbranched alkanes of at least 4 members (excludes halogenated alkanes) is 1. The molecule has 2 amide bonds. The molecule has 26 heavy (non-hydrogen) atoms. The van der Waals surface area contributed by atoms with Crippen LogP contribution in [0.4, 0.5) is 5.69 Å². The number of carbonyl (C=O) groups excluding carboxylic acids is 2. The molecule has 0 saturated carbocycles. The van der Waals surface area contributed by atoms with Crippen molar-refractivity contribution in [2.24, 2.45) is 5.10 Å². The standard InChI is InChI=1S/C21H25N3O2/c1-4-5-6-20(25)23-19-11-9-17(10-12-19)21(26)24-22-14-18-8-7-15(2)13-16(18)3/h7-14H,4-6H2,1-3H3,(H,23,25)(H,24,26). The number of anilines is 1. The first kappa shape index (κ1) is 19.4. The van der Waals surface area contributed by atoms with Crippen LogP contribution >= 0.6 is 0 Å². The van der Waals surface area contributed by atoms with Crippen LogP contribution in [-0.2, 0) is 4.79 Å². The maximum Gasteiger partial charge on any atom is 0.271 e. The summed E-state index contributed by atoms with van der Waals surface area (Å²) in [4.78, 5) is 23.8. The van der Waals surface area contributed by atoms with Crippen LogP contribution in [0.1, 0.15) is 53.2 Å². The third-order valence-electron chi connectivity index (χ3n) is 3.98. The lowest BCUT2D eigenvalue weighted by atomic mass is 10.1. The number of aryl methyl sites for hydroxylation is 2. The van der Waals surface area contributed by atoms with Crippen molar-refractivity contribution in [1.29, 1.82) is 0 Å². The monoisotopic (exact) mass is 351 g/mol. The van der Waals surface area contributed by atoms with Crippen LogP contribution in [0, 0.1) is 13.8 Å². The normalized spacial score (nSPS) is 10.7. The largest absolute Gasteiger partial charge is 0.326 e. The molecule has 0 aliphatic rings. The van der Waals surface area contributed by atoms with Gasteiger partial charge in [0.2, 0.25) is 5.91 Å². The van der Waals surface area contributed by atoms with Gasteiger partial charge in [0.05, 0.1) is 6.21 Å². The van der Waals surface area contributed by atoms with Crippen LogP contribution in [0.25, 0.3) is 0 Å². The molecule has 0 aromatic heterocycles. The van der Waals surface area contributed by atoms with Crippen LogP contribution in [0.5, 0.6) is 0 Å². The highest BCUT2D eigenvalue weighted by atomic mass is 16.2. The Bertz CT molecular complexity index is 795. The van der Waals surface area contributed by atoms with Gasteiger partial charge in [-0.1, -0.05) is 37.1 Å². The average molecular weight is 351 g/mol. The summed E-state index contributed by atoms with van der Waals surface area (Å²) >= 11 is 0. The smallest absolute Gasteiger partial charge is 0.271 e. The van der Waals surface area contributed by atoms with Gasteiger partial charge in [-0.2, -0.15) is 5.10 Å². The van der Waals surface area contributed by atoms with Crippen molar-refractivity contribution in [2.45, 2.75) is 40.0 Å². The highest BCUT2D eigenvalue weighted by molar-refractivity contribution is 5.96. The first-order chi connectivity index (χ1) is 12.5. The molecule has 0 aliphatic heterocycles. The molecule has 5 heteroatoms. The number of hydrogen-bond acceptors (Lipinski definition) is 3. The van der Waals surface area contributed by atoms with E-state index >= 15 is 0 Å². The van der Waals surface area contributed by atoms with Gasteiger partial charge in [0.25, 0.3) is 5.91 Å². The quantitative estimate of drug-likeness (QED) is 0.580. The maximum atomic E-state index is 12.1. The van der Waals surface area contributed by atoms with Crippen LogP contribution < -0.4 is 10.7 Å². The fourth-order valence-electron chi connectivity index (χ4n) is 2.46. The number of nitrogens with zero attached hydrogens (tertiary/aromatic N) is 1. The Morgan fingerprint density at radius 3 is 2.46 bits per heavy atom. The summed E-state index contributed by atoms with van der Waals surface area (Å²) < 4.78 is 0. The average Bonchev–Trinajstić information content (AvgIpc) is 2.62. The van der Waals surface area contributed by atoms with Gasteiger partial charge in [-0.15, -0.1) is 0 Å². The van der Waals surface area contributed by atoms with Crippen molar-refractivity contribution in [2.75, 3.05) is 5.32 Å². The molecular weight excluding hydrogens is 326 g/mol. The predicted molar refractivity (Wildman–Crippen MR) is 106 cm³/mol. The Hall–Kier alpha value is -2.95. The number of rotatable bonds is 7. The molecule has 0 atom stereocenters. The highest BCUT2D eigenvalue weighted by Crippen LogP contribution is 2.11. The molecule has 136 valence electrons. The van der Waals surface area contributed by atoms with E-state index in [2.05, 4.69) is 21.9 Å². The molecule has 0 spiro atoms. The first-order valence-corrected chi connectivity index (χ1v) is 8.80. The Morgan fingerprint density at radius 2 is 1.81 bits per heavy atom. The Labute approximate surface area is 154 Å². The summed E-state index contributed by atoms with van der Waals surface area (Å²) in [7, 11) is 0. The number of hydrazone groups is 1. The van der Waals surface area contributed by atoms with Crippen molar-refractivity contribution >= 4 is 23.7 Å². The second-order valence-electron chi connectivity index (χ2n) is 6.29. The molecule has 2 aromatic rings.